The fourth-order valence-electron chi connectivity index (χ4n) is 2.52. The van der Waals surface area contributed by atoms with Crippen molar-refractivity contribution in [3.8, 4) is 11.5 Å². The summed E-state index contributed by atoms with van der Waals surface area (Å²) in [6.07, 6.45) is 0. The van der Waals surface area contributed by atoms with Gasteiger partial charge >= 0.3 is 6.03 Å². The first-order valence-corrected chi connectivity index (χ1v) is 6.61. The average molecular weight is 284 g/mol. The highest BCUT2D eigenvalue weighted by Crippen LogP contribution is 2.39. The Bertz CT molecular complexity index is 671. The Balaban J connectivity index is 2.13. The third kappa shape index (κ3) is 2.38. The minimum atomic E-state index is -0.233. The lowest BCUT2D eigenvalue weighted by molar-refractivity contribution is 0.249. The van der Waals surface area contributed by atoms with Crippen LogP contribution in [0.2, 0.25) is 0 Å². The summed E-state index contributed by atoms with van der Waals surface area (Å²) in [5, 5.41) is 5.73. The number of ether oxygens (including phenoxy) is 2. The van der Waals surface area contributed by atoms with Gasteiger partial charge in [-0.2, -0.15) is 0 Å². The van der Waals surface area contributed by atoms with E-state index in [1.807, 2.05) is 36.4 Å². The average Bonchev–Trinajstić information content (AvgIpc) is 2.53. The van der Waals surface area contributed by atoms with Crippen molar-refractivity contribution in [1.82, 2.24) is 5.32 Å². The summed E-state index contributed by atoms with van der Waals surface area (Å²) in [6.45, 7) is 0. The number of anilines is 1. The SMILES string of the molecule is COc1cc2c(cc1OC)C(c1ccccc1)NC(=O)N2. The van der Waals surface area contributed by atoms with Crippen LogP contribution < -0.4 is 20.1 Å². The van der Waals surface area contributed by atoms with Gasteiger partial charge < -0.3 is 20.1 Å². The van der Waals surface area contributed by atoms with Crippen LogP contribution >= 0.6 is 0 Å². The molecular weight excluding hydrogens is 268 g/mol. The van der Waals surface area contributed by atoms with Crippen LogP contribution in [0.25, 0.3) is 0 Å². The molecule has 1 atom stereocenters. The Labute approximate surface area is 122 Å². The van der Waals surface area contributed by atoms with Gasteiger partial charge in [-0.15, -0.1) is 0 Å². The third-order valence-corrected chi connectivity index (χ3v) is 3.52. The van der Waals surface area contributed by atoms with E-state index in [9.17, 15) is 4.79 Å². The smallest absolute Gasteiger partial charge is 0.320 e. The standard InChI is InChI=1S/C16H16N2O3/c1-20-13-8-11-12(9-14(13)21-2)17-16(19)18-15(11)10-6-4-3-5-7-10/h3-9,15H,1-2H3,(H2,17,18,19). The first kappa shape index (κ1) is 13.3. The highest BCUT2D eigenvalue weighted by molar-refractivity contribution is 5.94. The van der Waals surface area contributed by atoms with Crippen LogP contribution in [0.4, 0.5) is 10.5 Å². The van der Waals surface area contributed by atoms with Crippen LogP contribution in [0.1, 0.15) is 17.2 Å². The molecule has 1 heterocycles. The number of rotatable bonds is 3. The summed E-state index contributed by atoms with van der Waals surface area (Å²) in [7, 11) is 3.17. The van der Waals surface area contributed by atoms with Gasteiger partial charge in [-0.05, 0) is 11.6 Å². The summed E-state index contributed by atoms with van der Waals surface area (Å²) in [5.41, 5.74) is 2.68. The van der Waals surface area contributed by atoms with Crippen molar-refractivity contribution >= 4 is 11.7 Å². The van der Waals surface area contributed by atoms with Crippen molar-refractivity contribution in [3.05, 3.63) is 53.6 Å². The molecule has 0 saturated carbocycles. The molecule has 0 aliphatic carbocycles. The van der Waals surface area contributed by atoms with E-state index < -0.39 is 0 Å². The normalized spacial score (nSPS) is 16.5. The molecule has 2 aromatic rings. The highest BCUT2D eigenvalue weighted by Gasteiger charge is 2.27. The molecule has 0 fully saturated rings. The number of hydrogen-bond acceptors (Lipinski definition) is 3. The highest BCUT2D eigenvalue weighted by atomic mass is 16.5. The number of fused-ring (bicyclic) bond motifs is 1. The molecule has 0 bridgehead atoms. The molecule has 0 saturated heterocycles. The van der Waals surface area contributed by atoms with Gasteiger partial charge in [0, 0.05) is 11.6 Å². The summed E-state index contributed by atoms with van der Waals surface area (Å²) in [6, 6.07) is 13.0. The zero-order valence-electron chi connectivity index (χ0n) is 11.8. The van der Waals surface area contributed by atoms with E-state index in [4.69, 9.17) is 9.47 Å². The van der Waals surface area contributed by atoms with Crippen LogP contribution in [-0.4, -0.2) is 20.3 Å². The lowest BCUT2D eigenvalue weighted by Crippen LogP contribution is -2.38. The van der Waals surface area contributed by atoms with E-state index in [0.717, 1.165) is 16.8 Å². The second-order valence-electron chi connectivity index (χ2n) is 4.74. The van der Waals surface area contributed by atoms with E-state index in [1.165, 1.54) is 0 Å². The van der Waals surface area contributed by atoms with E-state index >= 15 is 0 Å². The molecule has 108 valence electrons. The monoisotopic (exact) mass is 284 g/mol. The molecule has 1 aliphatic heterocycles. The van der Waals surface area contributed by atoms with E-state index in [0.29, 0.717) is 11.5 Å². The predicted molar refractivity (Wildman–Crippen MR) is 80.0 cm³/mol. The summed E-state index contributed by atoms with van der Waals surface area (Å²) in [4.78, 5) is 11.9. The maximum Gasteiger partial charge on any atom is 0.320 e. The maximum atomic E-state index is 11.9. The van der Waals surface area contributed by atoms with Crippen LogP contribution in [0.15, 0.2) is 42.5 Å². The topological polar surface area (TPSA) is 59.6 Å². The van der Waals surface area contributed by atoms with Crippen LogP contribution in [-0.2, 0) is 0 Å². The van der Waals surface area contributed by atoms with Crippen LogP contribution in [0.5, 0.6) is 11.5 Å². The zero-order chi connectivity index (χ0) is 14.8. The molecule has 3 rings (SSSR count). The van der Waals surface area contributed by atoms with Crippen molar-refractivity contribution in [2.75, 3.05) is 19.5 Å². The Morgan fingerprint density at radius 2 is 1.67 bits per heavy atom. The van der Waals surface area contributed by atoms with Gasteiger partial charge in [-0.1, -0.05) is 30.3 Å². The van der Waals surface area contributed by atoms with Gasteiger partial charge in [0.05, 0.1) is 25.9 Å². The molecular formula is C16H16N2O3. The van der Waals surface area contributed by atoms with Gasteiger partial charge in [0.1, 0.15) is 0 Å². The number of benzene rings is 2. The summed E-state index contributed by atoms with van der Waals surface area (Å²) < 4.78 is 10.6. The van der Waals surface area contributed by atoms with Crippen molar-refractivity contribution in [2.24, 2.45) is 0 Å². The van der Waals surface area contributed by atoms with Crippen molar-refractivity contribution in [2.45, 2.75) is 6.04 Å². The minimum absolute atomic E-state index is 0.213. The second-order valence-corrected chi connectivity index (χ2v) is 4.74. The maximum absolute atomic E-state index is 11.9. The number of hydrogen-bond donors (Lipinski definition) is 2. The number of urea groups is 1. The first-order valence-electron chi connectivity index (χ1n) is 6.61. The molecule has 2 aromatic carbocycles. The molecule has 2 N–H and O–H groups in total. The summed E-state index contributed by atoms with van der Waals surface area (Å²) in [5.74, 6) is 1.22. The molecule has 1 aliphatic rings. The number of carbonyl (C=O) groups is 1. The lowest BCUT2D eigenvalue weighted by atomic mass is 9.95. The number of carbonyl (C=O) groups excluding carboxylic acids is 1. The van der Waals surface area contributed by atoms with Gasteiger partial charge in [0.15, 0.2) is 11.5 Å². The molecule has 0 aromatic heterocycles. The minimum Gasteiger partial charge on any atom is -0.493 e. The Morgan fingerprint density at radius 3 is 2.33 bits per heavy atom. The van der Waals surface area contributed by atoms with E-state index in [2.05, 4.69) is 10.6 Å². The largest absolute Gasteiger partial charge is 0.493 e. The zero-order valence-corrected chi connectivity index (χ0v) is 11.8. The van der Waals surface area contributed by atoms with Crippen molar-refractivity contribution in [3.63, 3.8) is 0 Å². The van der Waals surface area contributed by atoms with Crippen LogP contribution in [0, 0.1) is 0 Å². The Hall–Kier alpha value is -2.69. The van der Waals surface area contributed by atoms with Gasteiger partial charge in [-0.25, -0.2) is 4.79 Å². The molecule has 2 amide bonds. The fourth-order valence-corrected chi connectivity index (χ4v) is 2.52. The van der Waals surface area contributed by atoms with Gasteiger partial charge in [0.25, 0.3) is 0 Å². The first-order chi connectivity index (χ1) is 10.2. The Morgan fingerprint density at radius 1 is 1.00 bits per heavy atom. The van der Waals surface area contributed by atoms with E-state index in [-0.39, 0.29) is 12.1 Å². The number of methoxy groups -OCH3 is 2. The molecule has 5 heteroatoms. The quantitative estimate of drug-likeness (QED) is 0.911. The lowest BCUT2D eigenvalue weighted by Gasteiger charge is -2.28. The number of amides is 2. The second kappa shape index (κ2) is 5.36. The van der Waals surface area contributed by atoms with E-state index in [1.54, 1.807) is 20.3 Å². The molecule has 0 spiro atoms. The van der Waals surface area contributed by atoms with Gasteiger partial charge in [-0.3, -0.25) is 0 Å². The Kier molecular flexibility index (Phi) is 3.39. The summed E-state index contributed by atoms with van der Waals surface area (Å²) >= 11 is 0. The number of nitrogens with one attached hydrogen (secondary N) is 2. The van der Waals surface area contributed by atoms with Gasteiger partial charge in [0.2, 0.25) is 0 Å². The molecule has 21 heavy (non-hydrogen) atoms. The van der Waals surface area contributed by atoms with Crippen molar-refractivity contribution in [1.29, 1.82) is 0 Å². The van der Waals surface area contributed by atoms with Crippen LogP contribution in [0.3, 0.4) is 0 Å². The molecule has 0 radical (unpaired) electrons. The third-order valence-electron chi connectivity index (χ3n) is 3.52. The molecule has 5 nitrogen and oxygen atoms in total. The predicted octanol–water partition coefficient (Wildman–Crippen LogP) is 2.93. The fraction of sp³-hybridized carbons (Fsp3) is 0.188. The van der Waals surface area contributed by atoms with Crippen molar-refractivity contribution < 1.29 is 14.3 Å². The molecule has 1 unspecified atom stereocenters.